The van der Waals surface area contributed by atoms with E-state index in [9.17, 15) is 9.59 Å². The Morgan fingerprint density at radius 2 is 1.83 bits per heavy atom. The van der Waals surface area contributed by atoms with Gasteiger partial charge in [0.05, 0.1) is 19.1 Å². The van der Waals surface area contributed by atoms with Crippen LogP contribution in [-0.2, 0) is 20.9 Å². The second kappa shape index (κ2) is 9.63. The van der Waals surface area contributed by atoms with Crippen molar-refractivity contribution < 1.29 is 14.3 Å². The molecule has 2 atom stereocenters. The molecule has 2 fully saturated rings. The standard InChI is InChI=1S/C24H27ClN2O3/c25-21-8-10-22(11-9-21)27-15-20(13-23(27)28)24(29)26-12-4-7-19(14-26)17-30-16-18-5-2-1-3-6-18/h1-3,5-6,8-11,19-20H,4,7,12-17H2. The van der Waals surface area contributed by atoms with Gasteiger partial charge in [0.25, 0.3) is 0 Å². The van der Waals surface area contributed by atoms with E-state index in [1.54, 1.807) is 17.0 Å². The molecule has 0 N–H and O–H groups in total. The van der Waals surface area contributed by atoms with Crippen LogP contribution in [0.25, 0.3) is 0 Å². The summed E-state index contributed by atoms with van der Waals surface area (Å²) in [6.07, 6.45) is 2.32. The van der Waals surface area contributed by atoms with Crippen molar-refractivity contribution in [3.05, 3.63) is 65.2 Å². The number of nitrogens with zero attached hydrogens (tertiary/aromatic N) is 2. The van der Waals surface area contributed by atoms with Gasteiger partial charge >= 0.3 is 0 Å². The van der Waals surface area contributed by atoms with Crippen molar-refractivity contribution in [3.8, 4) is 0 Å². The number of halogens is 1. The zero-order chi connectivity index (χ0) is 20.9. The van der Waals surface area contributed by atoms with Gasteiger partial charge in [-0.1, -0.05) is 41.9 Å². The van der Waals surface area contributed by atoms with Gasteiger partial charge in [-0.05, 0) is 48.6 Å². The molecule has 30 heavy (non-hydrogen) atoms. The molecule has 2 heterocycles. The zero-order valence-electron chi connectivity index (χ0n) is 17.0. The maximum atomic E-state index is 13.1. The Bertz CT molecular complexity index is 872. The topological polar surface area (TPSA) is 49.9 Å². The molecule has 2 aromatic carbocycles. The van der Waals surface area contributed by atoms with E-state index in [1.165, 1.54) is 0 Å². The van der Waals surface area contributed by atoms with Gasteiger partial charge in [0.15, 0.2) is 0 Å². The van der Waals surface area contributed by atoms with Gasteiger partial charge in [0, 0.05) is 36.8 Å². The molecule has 0 spiro atoms. The first-order valence-electron chi connectivity index (χ1n) is 10.6. The van der Waals surface area contributed by atoms with Crippen molar-refractivity contribution in [1.29, 1.82) is 0 Å². The van der Waals surface area contributed by atoms with Crippen LogP contribution < -0.4 is 4.90 Å². The lowest BCUT2D eigenvalue weighted by Gasteiger charge is -2.34. The molecular formula is C24H27ClN2O3. The molecule has 2 aliphatic heterocycles. The molecule has 2 amide bonds. The lowest BCUT2D eigenvalue weighted by atomic mass is 9.97. The fourth-order valence-electron chi connectivity index (χ4n) is 4.32. The summed E-state index contributed by atoms with van der Waals surface area (Å²) in [6, 6.07) is 17.3. The van der Waals surface area contributed by atoms with Crippen LogP contribution in [0.4, 0.5) is 5.69 Å². The van der Waals surface area contributed by atoms with E-state index >= 15 is 0 Å². The van der Waals surface area contributed by atoms with E-state index in [4.69, 9.17) is 16.3 Å². The lowest BCUT2D eigenvalue weighted by molar-refractivity contribution is -0.138. The SMILES string of the molecule is O=C(C1CC(=O)N(c2ccc(Cl)cc2)C1)N1CCCC(COCc2ccccc2)C1. The highest BCUT2D eigenvalue weighted by Crippen LogP contribution is 2.29. The molecule has 0 bridgehead atoms. The van der Waals surface area contributed by atoms with Crippen LogP contribution in [0, 0.1) is 11.8 Å². The average molecular weight is 427 g/mol. The van der Waals surface area contributed by atoms with Crippen LogP contribution in [0.2, 0.25) is 5.02 Å². The molecule has 0 saturated carbocycles. The van der Waals surface area contributed by atoms with Crippen LogP contribution in [0.1, 0.15) is 24.8 Å². The van der Waals surface area contributed by atoms with E-state index in [0.29, 0.717) is 37.2 Å². The summed E-state index contributed by atoms with van der Waals surface area (Å²) >= 11 is 5.95. The quantitative estimate of drug-likeness (QED) is 0.697. The van der Waals surface area contributed by atoms with E-state index in [2.05, 4.69) is 12.1 Å². The molecule has 2 aliphatic rings. The van der Waals surface area contributed by atoms with Crippen molar-refractivity contribution in [3.63, 3.8) is 0 Å². The number of likely N-dealkylation sites (tertiary alicyclic amines) is 1. The minimum absolute atomic E-state index is 0.00423. The third-order valence-electron chi connectivity index (χ3n) is 5.91. The van der Waals surface area contributed by atoms with Gasteiger partial charge in [-0.2, -0.15) is 0 Å². The van der Waals surface area contributed by atoms with E-state index in [0.717, 1.165) is 30.6 Å². The number of ether oxygens (including phenoxy) is 1. The van der Waals surface area contributed by atoms with Gasteiger partial charge in [-0.25, -0.2) is 0 Å². The molecule has 2 aromatic rings. The van der Waals surface area contributed by atoms with Crippen LogP contribution >= 0.6 is 11.6 Å². The molecule has 158 valence electrons. The minimum Gasteiger partial charge on any atom is -0.376 e. The monoisotopic (exact) mass is 426 g/mol. The number of anilines is 1. The summed E-state index contributed by atoms with van der Waals surface area (Å²) in [5.74, 6) is 0.149. The van der Waals surface area contributed by atoms with Crippen molar-refractivity contribution in [2.24, 2.45) is 11.8 Å². The highest BCUT2D eigenvalue weighted by molar-refractivity contribution is 6.30. The summed E-state index contributed by atoms with van der Waals surface area (Å²) in [7, 11) is 0. The Balaban J connectivity index is 1.29. The summed E-state index contributed by atoms with van der Waals surface area (Å²) in [6.45, 7) is 3.15. The second-order valence-corrected chi connectivity index (χ2v) is 8.61. The van der Waals surface area contributed by atoms with Crippen LogP contribution in [0.5, 0.6) is 0 Å². The van der Waals surface area contributed by atoms with E-state index in [-0.39, 0.29) is 24.2 Å². The molecule has 0 aliphatic carbocycles. The van der Waals surface area contributed by atoms with Crippen LogP contribution in [0.15, 0.2) is 54.6 Å². The smallest absolute Gasteiger partial charge is 0.228 e. The van der Waals surface area contributed by atoms with Gasteiger partial charge in [0.1, 0.15) is 0 Å². The number of hydrogen-bond acceptors (Lipinski definition) is 3. The number of amides is 2. The first kappa shape index (κ1) is 20.9. The largest absolute Gasteiger partial charge is 0.376 e. The number of piperidine rings is 1. The third-order valence-corrected chi connectivity index (χ3v) is 6.16. The van der Waals surface area contributed by atoms with Crippen molar-refractivity contribution in [2.75, 3.05) is 31.1 Å². The number of benzene rings is 2. The summed E-state index contributed by atoms with van der Waals surface area (Å²) < 4.78 is 5.90. The van der Waals surface area contributed by atoms with Crippen LogP contribution in [0.3, 0.4) is 0 Å². The van der Waals surface area contributed by atoms with Crippen molar-refractivity contribution in [2.45, 2.75) is 25.9 Å². The molecule has 5 nitrogen and oxygen atoms in total. The van der Waals surface area contributed by atoms with Crippen molar-refractivity contribution >= 4 is 29.1 Å². The molecular weight excluding hydrogens is 400 g/mol. The zero-order valence-corrected chi connectivity index (χ0v) is 17.8. The highest BCUT2D eigenvalue weighted by Gasteiger charge is 2.38. The number of carbonyl (C=O) groups is 2. The fraction of sp³-hybridized carbons (Fsp3) is 0.417. The van der Waals surface area contributed by atoms with Gasteiger partial charge in [-0.15, -0.1) is 0 Å². The van der Waals surface area contributed by atoms with Gasteiger partial charge < -0.3 is 14.5 Å². The van der Waals surface area contributed by atoms with E-state index in [1.807, 2.05) is 35.2 Å². The van der Waals surface area contributed by atoms with Crippen molar-refractivity contribution in [1.82, 2.24) is 4.90 Å². The van der Waals surface area contributed by atoms with Crippen LogP contribution in [-0.4, -0.2) is 43.0 Å². The maximum absolute atomic E-state index is 13.1. The second-order valence-electron chi connectivity index (χ2n) is 8.18. The molecule has 6 heteroatoms. The Morgan fingerprint density at radius 3 is 2.60 bits per heavy atom. The average Bonchev–Trinajstić information content (AvgIpc) is 3.16. The molecule has 4 rings (SSSR count). The molecule has 2 unspecified atom stereocenters. The summed E-state index contributed by atoms with van der Waals surface area (Å²) in [5, 5.41) is 0.631. The molecule has 0 radical (unpaired) electrons. The Hall–Kier alpha value is -2.37. The normalized spacial score (nSPS) is 21.8. The first-order valence-corrected chi connectivity index (χ1v) is 10.9. The highest BCUT2D eigenvalue weighted by atomic mass is 35.5. The van der Waals surface area contributed by atoms with E-state index < -0.39 is 0 Å². The molecule has 2 saturated heterocycles. The fourth-order valence-corrected chi connectivity index (χ4v) is 4.45. The lowest BCUT2D eigenvalue weighted by Crippen LogP contribution is -2.44. The molecule has 0 aromatic heterocycles. The first-order chi connectivity index (χ1) is 14.6. The third kappa shape index (κ3) is 5.02. The Kier molecular flexibility index (Phi) is 6.70. The number of rotatable bonds is 6. The number of hydrogen-bond donors (Lipinski definition) is 0. The predicted molar refractivity (Wildman–Crippen MR) is 117 cm³/mol. The van der Waals surface area contributed by atoms with Gasteiger partial charge in [-0.3, -0.25) is 9.59 Å². The predicted octanol–water partition coefficient (Wildman–Crippen LogP) is 4.15. The summed E-state index contributed by atoms with van der Waals surface area (Å²) in [5.41, 5.74) is 1.96. The Morgan fingerprint density at radius 1 is 1.07 bits per heavy atom. The maximum Gasteiger partial charge on any atom is 0.228 e. The number of carbonyl (C=O) groups excluding carboxylic acids is 2. The summed E-state index contributed by atoms with van der Waals surface area (Å²) in [4.78, 5) is 29.2. The minimum atomic E-state index is -0.280. The van der Waals surface area contributed by atoms with Gasteiger partial charge in [0.2, 0.25) is 11.8 Å². The Labute approximate surface area is 182 Å².